The average molecular weight is 268 g/mol. The van der Waals surface area contributed by atoms with Gasteiger partial charge >= 0.3 is 0 Å². The van der Waals surface area contributed by atoms with Gasteiger partial charge in [0.1, 0.15) is 4.60 Å². The Bertz CT molecular complexity index is 476. The minimum absolute atomic E-state index is 0.670. The highest BCUT2D eigenvalue weighted by molar-refractivity contribution is 9.10. The fourth-order valence-corrected chi connectivity index (χ4v) is 2.50. The first-order valence-electron chi connectivity index (χ1n) is 5.12. The quantitative estimate of drug-likeness (QED) is 0.928. The van der Waals surface area contributed by atoms with Crippen LogP contribution in [0.2, 0.25) is 0 Å². The third-order valence-corrected chi connectivity index (χ3v) is 3.09. The third-order valence-electron chi connectivity index (χ3n) is 2.53. The van der Waals surface area contributed by atoms with Gasteiger partial charge in [-0.2, -0.15) is 5.10 Å². The lowest BCUT2D eigenvalue weighted by molar-refractivity contribution is 0.678. The van der Waals surface area contributed by atoms with Crippen LogP contribution in [0.1, 0.15) is 12.5 Å². The minimum Gasteiger partial charge on any atom is -0.330 e. The second-order valence-electron chi connectivity index (χ2n) is 3.46. The summed E-state index contributed by atoms with van der Waals surface area (Å²) in [4.78, 5) is 0. The Kier molecular flexibility index (Phi) is 3.07. The summed E-state index contributed by atoms with van der Waals surface area (Å²) in [7, 11) is 0. The van der Waals surface area contributed by atoms with Crippen LogP contribution in [0.4, 0.5) is 0 Å². The van der Waals surface area contributed by atoms with Gasteiger partial charge < -0.3 is 5.73 Å². The van der Waals surface area contributed by atoms with E-state index in [1.165, 1.54) is 16.5 Å². The average Bonchev–Trinajstić information content (AvgIpc) is 2.57. The first kappa shape index (κ1) is 10.6. The van der Waals surface area contributed by atoms with Crippen molar-refractivity contribution in [3.05, 3.63) is 28.4 Å². The van der Waals surface area contributed by atoms with Gasteiger partial charge in [0.2, 0.25) is 0 Å². The smallest absolute Gasteiger partial charge is 0.136 e. The lowest BCUT2D eigenvalue weighted by atomic mass is 10.1. The van der Waals surface area contributed by atoms with Crippen LogP contribution in [0.5, 0.6) is 0 Å². The Labute approximate surface area is 97.4 Å². The van der Waals surface area contributed by atoms with Gasteiger partial charge in [-0.3, -0.25) is 4.68 Å². The molecule has 0 aliphatic carbocycles. The number of hydrogen-bond donors (Lipinski definition) is 1. The first-order chi connectivity index (χ1) is 7.27. The second-order valence-corrected chi connectivity index (χ2v) is 4.21. The lowest BCUT2D eigenvalue weighted by Gasteiger charge is -2.02. The highest BCUT2D eigenvalue weighted by atomic mass is 79.9. The maximum Gasteiger partial charge on any atom is 0.136 e. The molecule has 2 N–H and O–H groups in total. The van der Waals surface area contributed by atoms with E-state index < -0.39 is 0 Å². The van der Waals surface area contributed by atoms with Crippen molar-refractivity contribution in [3.63, 3.8) is 0 Å². The number of fused-ring (bicyclic) bond motifs is 1. The van der Waals surface area contributed by atoms with E-state index in [1.54, 1.807) is 0 Å². The number of rotatable bonds is 3. The number of nitrogens with two attached hydrogens (primary N) is 1. The zero-order chi connectivity index (χ0) is 10.8. The van der Waals surface area contributed by atoms with E-state index in [9.17, 15) is 0 Å². The van der Waals surface area contributed by atoms with Gasteiger partial charge in [0, 0.05) is 11.9 Å². The van der Waals surface area contributed by atoms with E-state index in [0.717, 1.165) is 17.6 Å². The zero-order valence-corrected chi connectivity index (χ0v) is 10.3. The van der Waals surface area contributed by atoms with Crippen molar-refractivity contribution >= 4 is 26.8 Å². The highest BCUT2D eigenvalue weighted by Gasteiger charge is 2.10. The Hall–Kier alpha value is -0.870. The number of aryl methyl sites for hydroxylation is 1. The fourth-order valence-electron chi connectivity index (χ4n) is 1.85. The van der Waals surface area contributed by atoms with Gasteiger partial charge in [-0.05, 0) is 47.4 Å². The van der Waals surface area contributed by atoms with E-state index in [2.05, 4.69) is 46.2 Å². The molecule has 0 fully saturated rings. The maximum atomic E-state index is 5.60. The van der Waals surface area contributed by atoms with Crippen LogP contribution in [0, 0.1) is 0 Å². The molecule has 0 bridgehead atoms. The molecule has 0 saturated heterocycles. The number of nitrogens with zero attached hydrogens (tertiary/aromatic N) is 2. The van der Waals surface area contributed by atoms with Crippen molar-refractivity contribution in [1.82, 2.24) is 9.78 Å². The van der Waals surface area contributed by atoms with Gasteiger partial charge in [-0.15, -0.1) is 0 Å². The van der Waals surface area contributed by atoms with Crippen molar-refractivity contribution in [2.75, 3.05) is 6.54 Å². The Morgan fingerprint density at radius 3 is 2.93 bits per heavy atom. The molecule has 0 spiro atoms. The van der Waals surface area contributed by atoms with Crippen LogP contribution in [0.3, 0.4) is 0 Å². The van der Waals surface area contributed by atoms with Crippen molar-refractivity contribution in [3.8, 4) is 0 Å². The molecule has 0 unspecified atom stereocenters. The van der Waals surface area contributed by atoms with Crippen LogP contribution in [-0.4, -0.2) is 16.3 Å². The van der Waals surface area contributed by atoms with Crippen molar-refractivity contribution in [1.29, 1.82) is 0 Å². The molecule has 0 amide bonds. The van der Waals surface area contributed by atoms with Gasteiger partial charge in [-0.25, -0.2) is 0 Å². The van der Waals surface area contributed by atoms with Gasteiger partial charge in [0.05, 0.1) is 5.52 Å². The highest BCUT2D eigenvalue weighted by Crippen LogP contribution is 2.27. The largest absolute Gasteiger partial charge is 0.330 e. The molecule has 4 heteroatoms. The van der Waals surface area contributed by atoms with Crippen LogP contribution in [0.15, 0.2) is 22.8 Å². The minimum atomic E-state index is 0.670. The predicted octanol–water partition coefficient (Wildman–Crippen LogP) is 2.32. The van der Waals surface area contributed by atoms with Crippen molar-refractivity contribution < 1.29 is 0 Å². The normalized spacial score (nSPS) is 11.1. The van der Waals surface area contributed by atoms with Crippen LogP contribution >= 0.6 is 15.9 Å². The predicted molar refractivity (Wildman–Crippen MR) is 65.9 cm³/mol. The molecule has 3 nitrogen and oxygen atoms in total. The van der Waals surface area contributed by atoms with Gasteiger partial charge in [0.15, 0.2) is 0 Å². The molecule has 0 aliphatic heterocycles. The fraction of sp³-hybridized carbons (Fsp3) is 0.364. The summed E-state index contributed by atoms with van der Waals surface area (Å²) in [6, 6.07) is 6.27. The first-order valence-corrected chi connectivity index (χ1v) is 5.91. The molecule has 1 aromatic carbocycles. The lowest BCUT2D eigenvalue weighted by Crippen LogP contribution is -2.03. The Morgan fingerprint density at radius 1 is 1.47 bits per heavy atom. The summed E-state index contributed by atoms with van der Waals surface area (Å²) >= 11 is 3.51. The summed E-state index contributed by atoms with van der Waals surface area (Å²) in [5.41, 5.74) is 8.04. The topological polar surface area (TPSA) is 43.8 Å². The Morgan fingerprint density at radius 2 is 2.27 bits per heavy atom. The van der Waals surface area contributed by atoms with Gasteiger partial charge in [0.25, 0.3) is 0 Å². The molecule has 0 saturated carbocycles. The van der Waals surface area contributed by atoms with Gasteiger partial charge in [-0.1, -0.05) is 12.1 Å². The summed E-state index contributed by atoms with van der Waals surface area (Å²) in [6.45, 7) is 3.64. The summed E-state index contributed by atoms with van der Waals surface area (Å²) < 4.78 is 2.92. The molecule has 80 valence electrons. The molecule has 0 aliphatic rings. The summed E-state index contributed by atoms with van der Waals surface area (Å²) in [5.74, 6) is 0. The molecule has 15 heavy (non-hydrogen) atoms. The molecular weight excluding hydrogens is 254 g/mol. The number of hydrogen-bond acceptors (Lipinski definition) is 2. The van der Waals surface area contributed by atoms with E-state index in [4.69, 9.17) is 5.73 Å². The standard InChI is InChI=1S/C11H14BrN3/c1-2-15-9-5-3-4-8(6-7-13)10(9)11(12)14-15/h3-5H,2,6-7,13H2,1H3. The zero-order valence-electron chi connectivity index (χ0n) is 8.70. The molecule has 2 rings (SSSR count). The van der Waals surface area contributed by atoms with E-state index in [-0.39, 0.29) is 0 Å². The maximum absolute atomic E-state index is 5.60. The SMILES string of the molecule is CCn1nc(Br)c2c(CCN)cccc21. The summed E-state index contributed by atoms with van der Waals surface area (Å²) in [5, 5.41) is 5.64. The molecule has 1 heterocycles. The van der Waals surface area contributed by atoms with Crippen LogP contribution in [-0.2, 0) is 13.0 Å². The molecule has 0 radical (unpaired) electrons. The van der Waals surface area contributed by atoms with E-state index in [1.807, 2.05) is 4.68 Å². The Balaban J connectivity index is 2.68. The second kappa shape index (κ2) is 4.33. The molecule has 2 aromatic rings. The van der Waals surface area contributed by atoms with Crippen molar-refractivity contribution in [2.24, 2.45) is 5.73 Å². The third kappa shape index (κ3) is 1.79. The number of aromatic nitrogens is 2. The van der Waals surface area contributed by atoms with E-state index >= 15 is 0 Å². The summed E-state index contributed by atoms with van der Waals surface area (Å²) in [6.07, 6.45) is 0.894. The number of halogens is 1. The van der Waals surface area contributed by atoms with E-state index in [0.29, 0.717) is 6.54 Å². The number of benzene rings is 1. The molecule has 0 atom stereocenters. The van der Waals surface area contributed by atoms with Crippen LogP contribution < -0.4 is 5.73 Å². The molecule has 1 aromatic heterocycles. The molecular formula is C11H14BrN3. The van der Waals surface area contributed by atoms with Crippen LogP contribution in [0.25, 0.3) is 10.9 Å². The van der Waals surface area contributed by atoms with Crippen molar-refractivity contribution in [2.45, 2.75) is 19.9 Å². The monoisotopic (exact) mass is 267 g/mol.